The van der Waals surface area contributed by atoms with Crippen LogP contribution in [0.15, 0.2) is 209 Å². The summed E-state index contributed by atoms with van der Waals surface area (Å²) < 4.78 is 12.9. The smallest absolute Gasteiger partial charge is 0.247 e. The topological polar surface area (TPSA) is 18.5 Å². The van der Waals surface area contributed by atoms with Crippen molar-refractivity contribution >= 4 is 91.5 Å². The molecule has 322 valence electrons. The molecule has 0 bridgehead atoms. The third-order valence-electron chi connectivity index (χ3n) is 16.5. The molecule has 68 heavy (non-hydrogen) atoms. The molecule has 0 saturated carbocycles. The number of para-hydroxylation sites is 2. The molecule has 0 N–H and O–H groups in total. The molecule has 2 aliphatic carbocycles. The fraction of sp³-hybridized carbons (Fsp3) is 0.100. The summed E-state index contributed by atoms with van der Waals surface area (Å²) in [6.45, 7) is 7.71. The third kappa shape index (κ3) is 4.71. The van der Waals surface area contributed by atoms with Crippen LogP contribution >= 0.6 is 45.3 Å². The standard InChI is InChI=1S/C60H40B2O2S4/c1-59(2)41-27-35(63-33-15-7-5-8-16-33)23-25-37(41)39-29-50-55-57(53(39)59)67-47-21-13-11-19-43(47)61(55)45-31-46-49(32-48(45)65-50)66-51-30-40-38-26-24-36(64-34-17-9-6-10-18-34)28-42(38)60(3)54(40)58-56(51)62(46)44-20-12-14-22-52(44)68(58,60)4/h5-32H,1-4H3. The van der Waals surface area contributed by atoms with Crippen molar-refractivity contribution in [1.82, 2.24) is 0 Å². The van der Waals surface area contributed by atoms with Crippen LogP contribution in [0.2, 0.25) is 0 Å². The van der Waals surface area contributed by atoms with Crippen molar-refractivity contribution in [3.05, 3.63) is 192 Å². The molecule has 2 atom stereocenters. The molecular formula is C60H40B2O2S4. The number of hydrogen-bond acceptors (Lipinski definition) is 5. The van der Waals surface area contributed by atoms with Gasteiger partial charge in [-0.3, -0.25) is 0 Å². The highest BCUT2D eigenvalue weighted by Crippen LogP contribution is 2.87. The number of ether oxygens (including phenoxy) is 2. The summed E-state index contributed by atoms with van der Waals surface area (Å²) in [5.41, 5.74) is 19.9. The fourth-order valence-corrected chi connectivity index (χ4v) is 22.1. The first-order chi connectivity index (χ1) is 33.2. The van der Waals surface area contributed by atoms with Gasteiger partial charge in [0.1, 0.15) is 23.0 Å². The second-order valence-electron chi connectivity index (χ2n) is 20.1. The van der Waals surface area contributed by atoms with E-state index in [2.05, 4.69) is 136 Å². The van der Waals surface area contributed by atoms with E-state index >= 15 is 0 Å². The van der Waals surface area contributed by atoms with Gasteiger partial charge in [0.05, 0.1) is 4.75 Å². The third-order valence-corrected chi connectivity index (χ3v) is 24.5. The molecule has 0 amide bonds. The lowest BCUT2D eigenvalue weighted by molar-refractivity contribution is 0.480. The first-order valence-corrected chi connectivity index (χ1v) is 28.0. The maximum Gasteiger partial charge on any atom is 0.247 e. The number of hydrogen-bond donors (Lipinski definition) is 0. The van der Waals surface area contributed by atoms with Gasteiger partial charge in [0.2, 0.25) is 13.4 Å². The second kappa shape index (κ2) is 13.2. The summed E-state index contributed by atoms with van der Waals surface area (Å²) in [5, 5.41) is 0. The summed E-state index contributed by atoms with van der Waals surface area (Å²) in [6.07, 6.45) is 2.63. The molecule has 2 unspecified atom stereocenters. The molecule has 5 aliphatic heterocycles. The average Bonchev–Trinajstić information content (AvgIpc) is 3.73. The molecule has 0 spiro atoms. The molecule has 0 radical (unpaired) electrons. The van der Waals surface area contributed by atoms with Gasteiger partial charge in [0.25, 0.3) is 0 Å². The van der Waals surface area contributed by atoms with Gasteiger partial charge in [0, 0.05) is 34.8 Å². The van der Waals surface area contributed by atoms with Gasteiger partial charge in [-0.1, -0.05) is 168 Å². The van der Waals surface area contributed by atoms with E-state index in [1.165, 1.54) is 95.6 Å². The first-order valence-electron chi connectivity index (χ1n) is 23.6. The molecule has 16 rings (SSSR count). The Labute approximate surface area is 411 Å². The number of rotatable bonds is 4. The molecule has 0 saturated heterocycles. The lowest BCUT2D eigenvalue weighted by atomic mass is 9.33. The van der Waals surface area contributed by atoms with Crippen molar-refractivity contribution in [3.8, 4) is 45.3 Å². The fourth-order valence-electron chi connectivity index (χ4n) is 13.5. The Morgan fingerprint density at radius 2 is 0.985 bits per heavy atom. The minimum atomic E-state index is -1.47. The van der Waals surface area contributed by atoms with E-state index in [0.29, 0.717) is 0 Å². The Morgan fingerprint density at radius 3 is 1.68 bits per heavy atom. The highest BCUT2D eigenvalue weighted by Gasteiger charge is 2.65. The molecular weight excluding hydrogens is 903 g/mol. The van der Waals surface area contributed by atoms with Crippen molar-refractivity contribution in [1.29, 1.82) is 0 Å². The van der Waals surface area contributed by atoms with Crippen LogP contribution in [0.4, 0.5) is 0 Å². The van der Waals surface area contributed by atoms with E-state index < -0.39 is 10.0 Å². The lowest BCUT2D eigenvalue weighted by Gasteiger charge is -2.65. The molecule has 7 aliphatic rings. The lowest BCUT2D eigenvalue weighted by Crippen LogP contribution is -2.65. The monoisotopic (exact) mass is 942 g/mol. The maximum absolute atomic E-state index is 6.53. The van der Waals surface area contributed by atoms with E-state index in [-0.39, 0.29) is 23.6 Å². The summed E-state index contributed by atoms with van der Waals surface area (Å²) in [5.74, 6) is 3.52. The molecule has 0 aromatic heterocycles. The maximum atomic E-state index is 6.53. The molecule has 2 nitrogen and oxygen atoms in total. The van der Waals surface area contributed by atoms with Crippen LogP contribution in [0, 0.1) is 0 Å². The van der Waals surface area contributed by atoms with Gasteiger partial charge in [-0.25, -0.2) is 0 Å². The Bertz CT molecular complexity index is 3820. The van der Waals surface area contributed by atoms with Gasteiger partial charge in [-0.2, -0.15) is 10.0 Å². The quantitative estimate of drug-likeness (QED) is 0.163. The van der Waals surface area contributed by atoms with E-state index in [1.54, 1.807) is 20.8 Å². The van der Waals surface area contributed by atoms with Crippen molar-refractivity contribution in [3.63, 3.8) is 0 Å². The highest BCUT2D eigenvalue weighted by molar-refractivity contribution is 8.35. The molecule has 9 aromatic rings. The molecule has 8 heteroatoms. The summed E-state index contributed by atoms with van der Waals surface area (Å²) in [6, 6.07) is 63.2. The first kappa shape index (κ1) is 39.0. The SMILES string of the molecule is CC1(C)c2cc(Oc3ccccc3)ccc2-c2cc3c4c(c21)Sc1ccccc1B4c1cc2c(cc1S3)Sc1cc3c4c5c1B2c1ccccc1S5(C)C4(C)c1cc(Oc2ccccc2)ccc1-3. The Hall–Kier alpha value is -5.89. The van der Waals surface area contributed by atoms with Crippen molar-refractivity contribution in [2.75, 3.05) is 6.26 Å². The van der Waals surface area contributed by atoms with Crippen LogP contribution in [0.3, 0.4) is 0 Å². The number of benzene rings is 9. The number of fused-ring (bicyclic) bond motifs is 17. The summed E-state index contributed by atoms with van der Waals surface area (Å²) in [7, 11) is -1.47. The van der Waals surface area contributed by atoms with Gasteiger partial charge < -0.3 is 9.47 Å². The minimum Gasteiger partial charge on any atom is -0.457 e. The van der Waals surface area contributed by atoms with Crippen molar-refractivity contribution in [2.24, 2.45) is 0 Å². The van der Waals surface area contributed by atoms with Crippen LogP contribution in [0.25, 0.3) is 22.3 Å². The summed E-state index contributed by atoms with van der Waals surface area (Å²) >= 11 is 6.00. The van der Waals surface area contributed by atoms with Gasteiger partial charge >= 0.3 is 0 Å². The minimum absolute atomic E-state index is 0.107. The van der Waals surface area contributed by atoms with Crippen molar-refractivity contribution in [2.45, 2.75) is 70.1 Å². The Balaban J connectivity index is 0.872. The normalized spacial score (nSPS) is 20.7. The highest BCUT2D eigenvalue weighted by atomic mass is 32.3. The van der Waals surface area contributed by atoms with Gasteiger partial charge in [-0.15, -0.1) is 0 Å². The largest absolute Gasteiger partial charge is 0.457 e. The molecule has 5 heterocycles. The van der Waals surface area contributed by atoms with Crippen LogP contribution in [0.1, 0.15) is 43.0 Å². The predicted octanol–water partition coefficient (Wildman–Crippen LogP) is 12.4. The van der Waals surface area contributed by atoms with Crippen LogP contribution in [-0.2, 0) is 10.2 Å². The zero-order chi connectivity index (χ0) is 45.0. The zero-order valence-corrected chi connectivity index (χ0v) is 41.0. The molecule has 0 fully saturated rings. The van der Waals surface area contributed by atoms with Crippen LogP contribution < -0.4 is 42.3 Å². The molecule has 9 aromatic carbocycles. The van der Waals surface area contributed by atoms with E-state index in [4.69, 9.17) is 9.47 Å². The Kier molecular flexibility index (Phi) is 7.60. The van der Waals surface area contributed by atoms with Gasteiger partial charge in [0.15, 0.2) is 0 Å². The average molecular weight is 943 g/mol. The summed E-state index contributed by atoms with van der Waals surface area (Å²) in [4.78, 5) is 11.6. The second-order valence-corrected chi connectivity index (χ2v) is 26.8. The van der Waals surface area contributed by atoms with Crippen LogP contribution in [-0.4, -0.2) is 19.7 Å². The van der Waals surface area contributed by atoms with Gasteiger partial charge in [-0.05, 0) is 151 Å². The predicted molar refractivity (Wildman–Crippen MR) is 286 cm³/mol. The van der Waals surface area contributed by atoms with Crippen LogP contribution in [0.5, 0.6) is 23.0 Å². The van der Waals surface area contributed by atoms with E-state index in [1.807, 2.05) is 95.9 Å². The van der Waals surface area contributed by atoms with E-state index in [9.17, 15) is 0 Å². The zero-order valence-electron chi connectivity index (χ0n) is 37.8. The van der Waals surface area contributed by atoms with E-state index in [0.717, 1.165) is 23.0 Å². The Morgan fingerprint density at radius 1 is 0.426 bits per heavy atom. The van der Waals surface area contributed by atoms with Crippen molar-refractivity contribution < 1.29 is 9.47 Å².